The molecule has 0 fully saturated rings. The topological polar surface area (TPSA) is 47.9 Å². The zero-order chi connectivity index (χ0) is 14.6. The first kappa shape index (κ1) is 15.4. The summed E-state index contributed by atoms with van der Waals surface area (Å²) in [6, 6.07) is 3.30. The third-order valence-electron chi connectivity index (χ3n) is 2.28. The van der Waals surface area contributed by atoms with Crippen LogP contribution in [0.25, 0.3) is 0 Å². The van der Waals surface area contributed by atoms with Crippen LogP contribution in [-0.4, -0.2) is 13.2 Å². The van der Waals surface area contributed by atoms with Crippen molar-refractivity contribution in [3.63, 3.8) is 0 Å². The van der Waals surface area contributed by atoms with Gasteiger partial charge in [0.05, 0.1) is 11.7 Å². The maximum atomic E-state index is 12.9. The van der Waals surface area contributed by atoms with Crippen LogP contribution in [0, 0.1) is 4.91 Å². The van der Waals surface area contributed by atoms with Gasteiger partial charge in [-0.15, -0.1) is 4.91 Å². The largest absolute Gasteiger partial charge is 0.490 e. The lowest BCUT2D eigenvalue weighted by atomic mass is 10.1. The Morgan fingerprint density at radius 1 is 1.26 bits per heavy atom. The second-order valence-corrected chi connectivity index (χ2v) is 4.11. The fraction of sp³-hybridized carbons (Fsp3) is 0.500. The van der Waals surface area contributed by atoms with Gasteiger partial charge in [-0.05, 0) is 31.2 Å². The van der Waals surface area contributed by atoms with Crippen molar-refractivity contribution >= 4 is 0 Å². The molecule has 0 radical (unpaired) electrons. The summed E-state index contributed by atoms with van der Waals surface area (Å²) < 4.78 is 48.6. The SMILES string of the molecule is COC(N=O)c1ccc(OC(C)C)c(C(F)(F)F)c1. The number of hydrogen-bond acceptors (Lipinski definition) is 4. The first-order valence-corrected chi connectivity index (χ1v) is 5.52. The molecule has 0 aliphatic carbocycles. The van der Waals surface area contributed by atoms with Crippen LogP contribution < -0.4 is 4.74 Å². The van der Waals surface area contributed by atoms with Crippen molar-refractivity contribution in [1.82, 2.24) is 0 Å². The zero-order valence-electron chi connectivity index (χ0n) is 10.7. The second-order valence-electron chi connectivity index (χ2n) is 4.11. The lowest BCUT2D eigenvalue weighted by Crippen LogP contribution is -2.14. The van der Waals surface area contributed by atoms with Gasteiger partial charge in [-0.2, -0.15) is 13.2 Å². The average molecular weight is 277 g/mol. The zero-order valence-corrected chi connectivity index (χ0v) is 10.7. The average Bonchev–Trinajstić information content (AvgIpc) is 2.30. The van der Waals surface area contributed by atoms with Crippen LogP contribution in [-0.2, 0) is 10.9 Å². The number of alkyl halides is 3. The van der Waals surface area contributed by atoms with Gasteiger partial charge in [-0.25, -0.2) is 0 Å². The van der Waals surface area contributed by atoms with Crippen LogP contribution in [0.15, 0.2) is 23.4 Å². The molecule has 0 amide bonds. The Hall–Kier alpha value is -1.63. The highest BCUT2D eigenvalue weighted by Gasteiger charge is 2.35. The number of benzene rings is 1. The van der Waals surface area contributed by atoms with Gasteiger partial charge in [-0.3, -0.25) is 0 Å². The highest BCUT2D eigenvalue weighted by molar-refractivity contribution is 5.40. The van der Waals surface area contributed by atoms with E-state index in [0.29, 0.717) is 0 Å². The van der Waals surface area contributed by atoms with Crippen molar-refractivity contribution in [2.75, 3.05) is 7.11 Å². The van der Waals surface area contributed by atoms with Crippen molar-refractivity contribution < 1.29 is 22.6 Å². The van der Waals surface area contributed by atoms with Gasteiger partial charge < -0.3 is 9.47 Å². The van der Waals surface area contributed by atoms with E-state index in [1.54, 1.807) is 13.8 Å². The molecule has 1 aromatic rings. The molecule has 0 N–H and O–H groups in total. The second kappa shape index (κ2) is 6.01. The molecule has 4 nitrogen and oxygen atoms in total. The van der Waals surface area contributed by atoms with Crippen LogP contribution in [0.5, 0.6) is 5.75 Å². The van der Waals surface area contributed by atoms with E-state index < -0.39 is 24.1 Å². The van der Waals surface area contributed by atoms with Gasteiger partial charge in [0, 0.05) is 12.7 Å². The van der Waals surface area contributed by atoms with Crippen molar-refractivity contribution in [3.8, 4) is 5.75 Å². The van der Waals surface area contributed by atoms with Crippen molar-refractivity contribution in [3.05, 3.63) is 34.2 Å². The monoisotopic (exact) mass is 277 g/mol. The number of hydrogen-bond donors (Lipinski definition) is 0. The number of nitroso groups, excluding NO2 is 1. The van der Waals surface area contributed by atoms with E-state index in [1.807, 2.05) is 0 Å². The van der Waals surface area contributed by atoms with Crippen LogP contribution >= 0.6 is 0 Å². The summed E-state index contributed by atoms with van der Waals surface area (Å²) in [6.45, 7) is 3.25. The van der Waals surface area contributed by atoms with Gasteiger partial charge in [0.25, 0.3) is 0 Å². The molecular weight excluding hydrogens is 263 g/mol. The Bertz CT molecular complexity index is 446. The summed E-state index contributed by atoms with van der Waals surface area (Å²) in [5.41, 5.74) is -0.926. The molecular formula is C12H14F3NO3. The summed E-state index contributed by atoms with van der Waals surface area (Å²) in [5.74, 6) is -0.285. The molecule has 1 unspecified atom stereocenters. The minimum Gasteiger partial charge on any atom is -0.490 e. The minimum absolute atomic E-state index is 0.0286. The fourth-order valence-corrected chi connectivity index (χ4v) is 1.52. The summed E-state index contributed by atoms with van der Waals surface area (Å²) in [5, 5.41) is 2.61. The molecule has 0 bridgehead atoms. The molecule has 0 aromatic heterocycles. The molecule has 0 aliphatic heterocycles. The standard InChI is InChI=1S/C12H14F3NO3/c1-7(2)19-10-5-4-8(11(16-17)18-3)6-9(10)12(13,14)15/h4-7,11H,1-3H3. The normalized spacial score (nSPS) is 13.4. The maximum absolute atomic E-state index is 12.9. The minimum atomic E-state index is -4.58. The molecule has 0 saturated heterocycles. The number of methoxy groups -OCH3 is 1. The smallest absolute Gasteiger partial charge is 0.419 e. The van der Waals surface area contributed by atoms with Crippen molar-refractivity contribution in [1.29, 1.82) is 0 Å². The number of halogens is 3. The van der Waals surface area contributed by atoms with E-state index in [2.05, 4.69) is 9.91 Å². The highest BCUT2D eigenvalue weighted by atomic mass is 19.4. The lowest BCUT2D eigenvalue weighted by Gasteiger charge is -2.18. The summed E-state index contributed by atoms with van der Waals surface area (Å²) >= 11 is 0. The molecule has 1 rings (SSSR count). The highest BCUT2D eigenvalue weighted by Crippen LogP contribution is 2.38. The predicted octanol–water partition coefficient (Wildman–Crippen LogP) is 3.90. The van der Waals surface area contributed by atoms with Gasteiger partial charge in [-0.1, -0.05) is 6.07 Å². The first-order chi connectivity index (χ1) is 8.79. The van der Waals surface area contributed by atoms with E-state index in [1.165, 1.54) is 13.2 Å². The van der Waals surface area contributed by atoms with Crippen LogP contribution in [0.1, 0.15) is 31.2 Å². The van der Waals surface area contributed by atoms with E-state index in [-0.39, 0.29) is 11.3 Å². The van der Waals surface area contributed by atoms with E-state index in [0.717, 1.165) is 12.1 Å². The Kier molecular flexibility index (Phi) is 4.88. The number of nitrogens with zero attached hydrogens (tertiary/aromatic N) is 1. The van der Waals surface area contributed by atoms with E-state index >= 15 is 0 Å². The number of rotatable bonds is 5. The first-order valence-electron chi connectivity index (χ1n) is 5.52. The summed E-state index contributed by atoms with van der Waals surface area (Å²) in [7, 11) is 1.19. The van der Waals surface area contributed by atoms with Gasteiger partial charge in [0.15, 0.2) is 0 Å². The Morgan fingerprint density at radius 2 is 1.89 bits per heavy atom. The molecule has 0 saturated carbocycles. The fourth-order valence-electron chi connectivity index (χ4n) is 1.52. The molecule has 1 atom stereocenters. The summed E-state index contributed by atoms with van der Waals surface area (Å²) in [4.78, 5) is 10.5. The predicted molar refractivity (Wildman–Crippen MR) is 62.8 cm³/mol. The van der Waals surface area contributed by atoms with Gasteiger partial charge in [0.1, 0.15) is 5.75 Å². The summed E-state index contributed by atoms with van der Waals surface area (Å²) in [6.07, 6.45) is -6.25. The van der Waals surface area contributed by atoms with Crippen LogP contribution in [0.4, 0.5) is 13.2 Å². The Balaban J connectivity index is 3.26. The Morgan fingerprint density at radius 3 is 2.32 bits per heavy atom. The van der Waals surface area contributed by atoms with Crippen molar-refractivity contribution in [2.24, 2.45) is 5.18 Å². The molecule has 0 spiro atoms. The molecule has 7 heteroatoms. The molecule has 0 aliphatic rings. The lowest BCUT2D eigenvalue weighted by molar-refractivity contribution is -0.139. The van der Waals surface area contributed by atoms with Crippen molar-refractivity contribution in [2.45, 2.75) is 32.4 Å². The van der Waals surface area contributed by atoms with Crippen LogP contribution in [0.3, 0.4) is 0 Å². The molecule has 1 aromatic carbocycles. The van der Waals surface area contributed by atoms with Crippen LogP contribution in [0.2, 0.25) is 0 Å². The van der Waals surface area contributed by atoms with Gasteiger partial charge in [0.2, 0.25) is 6.23 Å². The Labute approximate surface area is 108 Å². The maximum Gasteiger partial charge on any atom is 0.419 e. The third kappa shape index (κ3) is 3.92. The molecule has 106 valence electrons. The van der Waals surface area contributed by atoms with E-state index in [4.69, 9.17) is 4.74 Å². The number of ether oxygens (including phenoxy) is 2. The van der Waals surface area contributed by atoms with E-state index in [9.17, 15) is 18.1 Å². The quantitative estimate of drug-likeness (QED) is 0.767. The third-order valence-corrected chi connectivity index (χ3v) is 2.28. The molecule has 0 heterocycles. The van der Waals surface area contributed by atoms with Gasteiger partial charge >= 0.3 is 6.18 Å². The molecule has 19 heavy (non-hydrogen) atoms.